The third-order valence-electron chi connectivity index (χ3n) is 3.00. The Kier molecular flexibility index (Phi) is 3.62. The summed E-state index contributed by atoms with van der Waals surface area (Å²) in [7, 11) is 1.40. The van der Waals surface area contributed by atoms with Crippen LogP contribution in [0.5, 0.6) is 0 Å². The van der Waals surface area contributed by atoms with E-state index in [0.29, 0.717) is 5.69 Å². The molecule has 0 aromatic carbocycles. The molecule has 1 fully saturated rings. The average molecular weight is 222 g/mol. The number of ether oxygens (including phenoxy) is 1. The number of H-pyrrole nitrogens is 1. The van der Waals surface area contributed by atoms with Crippen LogP contribution >= 0.6 is 0 Å². The summed E-state index contributed by atoms with van der Waals surface area (Å²) in [4.78, 5) is 16.6. The van der Waals surface area contributed by atoms with Gasteiger partial charge in [-0.05, 0) is 37.6 Å². The molecule has 0 saturated carbocycles. The molecule has 1 aliphatic rings. The first-order valence-corrected chi connectivity index (χ1v) is 5.77. The summed E-state index contributed by atoms with van der Waals surface area (Å²) < 4.78 is 4.66. The zero-order valence-electron chi connectivity index (χ0n) is 9.66. The molecule has 1 aliphatic heterocycles. The largest absolute Gasteiger partial charge is 0.464 e. The fraction of sp³-hybridized carbons (Fsp3) is 0.583. The molecule has 1 saturated heterocycles. The van der Waals surface area contributed by atoms with Gasteiger partial charge in [-0.3, -0.25) is 4.90 Å². The molecule has 0 spiro atoms. The highest BCUT2D eigenvalue weighted by Crippen LogP contribution is 2.13. The van der Waals surface area contributed by atoms with Crippen molar-refractivity contribution < 1.29 is 9.53 Å². The second-order valence-corrected chi connectivity index (χ2v) is 4.25. The molecular formula is C12H18N2O2. The lowest BCUT2D eigenvalue weighted by molar-refractivity contribution is 0.0595. The van der Waals surface area contributed by atoms with Crippen molar-refractivity contribution in [3.05, 3.63) is 23.5 Å². The Morgan fingerprint density at radius 3 is 2.88 bits per heavy atom. The van der Waals surface area contributed by atoms with E-state index in [9.17, 15) is 4.79 Å². The van der Waals surface area contributed by atoms with Crippen LogP contribution in [0.15, 0.2) is 12.3 Å². The van der Waals surface area contributed by atoms with Gasteiger partial charge in [0.2, 0.25) is 0 Å². The monoisotopic (exact) mass is 222 g/mol. The van der Waals surface area contributed by atoms with Gasteiger partial charge in [-0.15, -0.1) is 0 Å². The molecule has 2 heterocycles. The van der Waals surface area contributed by atoms with Crippen molar-refractivity contribution >= 4 is 5.97 Å². The molecule has 16 heavy (non-hydrogen) atoms. The van der Waals surface area contributed by atoms with Crippen molar-refractivity contribution in [2.45, 2.75) is 25.8 Å². The minimum absolute atomic E-state index is 0.301. The second kappa shape index (κ2) is 5.16. The molecule has 88 valence electrons. The van der Waals surface area contributed by atoms with Crippen molar-refractivity contribution in [2.75, 3.05) is 20.2 Å². The van der Waals surface area contributed by atoms with Crippen LogP contribution in [0.2, 0.25) is 0 Å². The first kappa shape index (κ1) is 11.2. The van der Waals surface area contributed by atoms with Crippen LogP contribution in [-0.4, -0.2) is 36.1 Å². The molecule has 2 rings (SSSR count). The van der Waals surface area contributed by atoms with E-state index in [1.54, 1.807) is 0 Å². The first-order valence-electron chi connectivity index (χ1n) is 5.77. The maximum atomic E-state index is 11.3. The van der Waals surface area contributed by atoms with E-state index in [4.69, 9.17) is 0 Å². The van der Waals surface area contributed by atoms with E-state index in [1.807, 2.05) is 12.3 Å². The summed E-state index contributed by atoms with van der Waals surface area (Å²) in [6.07, 6.45) is 5.81. The molecule has 0 radical (unpaired) electrons. The molecule has 0 bridgehead atoms. The Bertz CT molecular complexity index is 354. The molecule has 0 unspecified atom stereocenters. The summed E-state index contributed by atoms with van der Waals surface area (Å²) in [6, 6.07) is 1.88. The smallest absolute Gasteiger partial charge is 0.354 e. The van der Waals surface area contributed by atoms with Crippen molar-refractivity contribution in [3.63, 3.8) is 0 Å². The molecule has 1 aromatic heterocycles. The summed E-state index contributed by atoms with van der Waals surface area (Å²) in [5.74, 6) is -0.301. The average Bonchev–Trinajstić information content (AvgIpc) is 2.78. The Balaban J connectivity index is 1.94. The predicted molar refractivity (Wildman–Crippen MR) is 61.3 cm³/mol. The first-order chi connectivity index (χ1) is 7.79. The number of nitrogens with zero attached hydrogens (tertiary/aromatic N) is 1. The van der Waals surface area contributed by atoms with Crippen LogP contribution in [0.3, 0.4) is 0 Å². The van der Waals surface area contributed by atoms with Gasteiger partial charge in [0.15, 0.2) is 0 Å². The molecule has 1 N–H and O–H groups in total. The maximum Gasteiger partial charge on any atom is 0.354 e. The molecule has 0 atom stereocenters. The Labute approximate surface area is 95.6 Å². The summed E-state index contributed by atoms with van der Waals surface area (Å²) in [6.45, 7) is 3.25. The van der Waals surface area contributed by atoms with Gasteiger partial charge < -0.3 is 9.72 Å². The van der Waals surface area contributed by atoms with E-state index in [0.717, 1.165) is 12.1 Å². The van der Waals surface area contributed by atoms with Crippen LogP contribution in [0.25, 0.3) is 0 Å². The lowest BCUT2D eigenvalue weighted by atomic mass is 10.1. The van der Waals surface area contributed by atoms with Crippen LogP contribution < -0.4 is 0 Å². The number of esters is 1. The highest BCUT2D eigenvalue weighted by atomic mass is 16.5. The number of rotatable bonds is 3. The van der Waals surface area contributed by atoms with E-state index in [1.165, 1.54) is 39.5 Å². The van der Waals surface area contributed by atoms with Crippen LogP contribution in [0.1, 0.15) is 35.3 Å². The zero-order chi connectivity index (χ0) is 11.4. The number of hydrogen-bond acceptors (Lipinski definition) is 3. The van der Waals surface area contributed by atoms with Gasteiger partial charge in [-0.1, -0.05) is 6.42 Å². The third-order valence-corrected chi connectivity index (χ3v) is 3.00. The van der Waals surface area contributed by atoms with Gasteiger partial charge in [-0.25, -0.2) is 4.79 Å². The molecular weight excluding hydrogens is 204 g/mol. The number of nitrogens with one attached hydrogen (secondary N) is 1. The molecule has 4 heteroatoms. The van der Waals surface area contributed by atoms with Gasteiger partial charge in [0.1, 0.15) is 5.69 Å². The van der Waals surface area contributed by atoms with Gasteiger partial charge in [0.05, 0.1) is 7.11 Å². The minimum Gasteiger partial charge on any atom is -0.464 e. The summed E-state index contributed by atoms with van der Waals surface area (Å²) in [5, 5.41) is 0. The molecule has 0 aliphatic carbocycles. The van der Waals surface area contributed by atoms with E-state index in [2.05, 4.69) is 14.6 Å². The number of methoxy groups -OCH3 is 1. The summed E-state index contributed by atoms with van der Waals surface area (Å²) in [5.41, 5.74) is 1.69. The SMILES string of the molecule is COC(=O)c1cc(CN2CCCCC2)c[nH]1. The number of carbonyl (C=O) groups is 1. The predicted octanol–water partition coefficient (Wildman–Crippen LogP) is 1.79. The summed E-state index contributed by atoms with van der Waals surface area (Å²) >= 11 is 0. The topological polar surface area (TPSA) is 45.3 Å². The Hall–Kier alpha value is -1.29. The number of likely N-dealkylation sites (tertiary alicyclic amines) is 1. The van der Waals surface area contributed by atoms with Crippen molar-refractivity contribution in [3.8, 4) is 0 Å². The Morgan fingerprint density at radius 1 is 1.44 bits per heavy atom. The van der Waals surface area contributed by atoms with Crippen molar-refractivity contribution in [1.29, 1.82) is 0 Å². The highest BCUT2D eigenvalue weighted by molar-refractivity contribution is 5.87. The number of carbonyl (C=O) groups excluding carboxylic acids is 1. The van der Waals surface area contributed by atoms with E-state index in [-0.39, 0.29) is 5.97 Å². The zero-order valence-corrected chi connectivity index (χ0v) is 9.66. The van der Waals surface area contributed by atoms with Crippen molar-refractivity contribution in [1.82, 2.24) is 9.88 Å². The molecule has 0 amide bonds. The molecule has 1 aromatic rings. The normalized spacial score (nSPS) is 17.3. The minimum atomic E-state index is -0.301. The fourth-order valence-electron chi connectivity index (χ4n) is 2.13. The lowest BCUT2D eigenvalue weighted by Crippen LogP contribution is -2.28. The van der Waals surface area contributed by atoms with E-state index >= 15 is 0 Å². The third kappa shape index (κ3) is 2.64. The fourth-order valence-corrected chi connectivity index (χ4v) is 2.13. The standard InChI is InChI=1S/C12H18N2O2/c1-16-12(15)11-7-10(8-13-11)9-14-5-3-2-4-6-14/h7-8,13H,2-6,9H2,1H3. The Morgan fingerprint density at radius 2 is 2.19 bits per heavy atom. The van der Waals surface area contributed by atoms with Gasteiger partial charge in [0, 0.05) is 12.7 Å². The number of aromatic amines is 1. The van der Waals surface area contributed by atoms with E-state index < -0.39 is 0 Å². The van der Waals surface area contributed by atoms with Crippen LogP contribution in [0, 0.1) is 0 Å². The molecule has 4 nitrogen and oxygen atoms in total. The second-order valence-electron chi connectivity index (χ2n) is 4.25. The number of aromatic nitrogens is 1. The number of piperidine rings is 1. The van der Waals surface area contributed by atoms with Crippen LogP contribution in [-0.2, 0) is 11.3 Å². The van der Waals surface area contributed by atoms with Gasteiger partial charge in [0.25, 0.3) is 0 Å². The van der Waals surface area contributed by atoms with Gasteiger partial charge >= 0.3 is 5.97 Å². The van der Waals surface area contributed by atoms with Crippen molar-refractivity contribution in [2.24, 2.45) is 0 Å². The number of hydrogen-bond donors (Lipinski definition) is 1. The lowest BCUT2D eigenvalue weighted by Gasteiger charge is -2.25. The highest BCUT2D eigenvalue weighted by Gasteiger charge is 2.13. The van der Waals surface area contributed by atoms with Crippen LogP contribution in [0.4, 0.5) is 0 Å². The quantitative estimate of drug-likeness (QED) is 0.793. The van der Waals surface area contributed by atoms with Gasteiger partial charge in [-0.2, -0.15) is 0 Å². The maximum absolute atomic E-state index is 11.3.